The number of hydrogen-bond donors (Lipinski definition) is 2. The van der Waals surface area contributed by atoms with Crippen molar-refractivity contribution in [3.63, 3.8) is 0 Å². The summed E-state index contributed by atoms with van der Waals surface area (Å²) < 4.78 is 0. The van der Waals surface area contributed by atoms with Crippen LogP contribution in [0.25, 0.3) is 0 Å². The molecule has 2 rings (SSSR count). The third kappa shape index (κ3) is 3.89. The summed E-state index contributed by atoms with van der Waals surface area (Å²) >= 11 is 5.92. The highest BCUT2D eigenvalue weighted by molar-refractivity contribution is 6.30. The molecule has 0 aliphatic heterocycles. The van der Waals surface area contributed by atoms with Gasteiger partial charge in [0.1, 0.15) is 17.3 Å². The topological polar surface area (TPSA) is 79.8 Å². The number of halogens is 1. The van der Waals surface area contributed by atoms with Gasteiger partial charge in [0.15, 0.2) is 0 Å². The Morgan fingerprint density at radius 3 is 2.75 bits per heavy atom. The van der Waals surface area contributed by atoms with Crippen LogP contribution in [-0.2, 0) is 0 Å². The number of nitrogens with one attached hydrogen (secondary N) is 2. The molecule has 104 valence electrons. The molecule has 2 heterocycles. The van der Waals surface area contributed by atoms with Crippen molar-refractivity contribution in [2.75, 3.05) is 17.2 Å². The first-order chi connectivity index (χ1) is 9.69. The van der Waals surface area contributed by atoms with Crippen LogP contribution in [0.3, 0.4) is 0 Å². The van der Waals surface area contributed by atoms with Crippen molar-refractivity contribution in [1.82, 2.24) is 15.0 Å². The minimum atomic E-state index is -0.288. The van der Waals surface area contributed by atoms with Crippen molar-refractivity contribution in [3.05, 3.63) is 41.6 Å². The lowest BCUT2D eigenvalue weighted by Crippen LogP contribution is -2.13. The third-order valence-electron chi connectivity index (χ3n) is 2.43. The van der Waals surface area contributed by atoms with Crippen molar-refractivity contribution < 1.29 is 4.79 Å². The Hall–Kier alpha value is -2.21. The smallest absolute Gasteiger partial charge is 0.255 e. The minimum Gasteiger partial charge on any atom is -0.370 e. The van der Waals surface area contributed by atoms with Crippen LogP contribution in [0, 0.1) is 0 Å². The molecule has 20 heavy (non-hydrogen) atoms. The third-order valence-corrected chi connectivity index (χ3v) is 2.62. The lowest BCUT2D eigenvalue weighted by atomic mass is 10.2. The summed E-state index contributed by atoms with van der Waals surface area (Å²) in [6.45, 7) is 2.81. The molecule has 0 aromatic carbocycles. The van der Waals surface area contributed by atoms with Gasteiger partial charge in [0, 0.05) is 12.1 Å². The van der Waals surface area contributed by atoms with E-state index in [0.29, 0.717) is 17.1 Å². The summed E-state index contributed by atoms with van der Waals surface area (Å²) in [4.78, 5) is 23.9. The summed E-state index contributed by atoms with van der Waals surface area (Å²) in [5, 5.41) is 6.05. The molecule has 1 amide bonds. The van der Waals surface area contributed by atoms with E-state index in [1.165, 1.54) is 24.8 Å². The minimum absolute atomic E-state index is 0.264. The molecule has 0 unspecified atom stereocenters. The van der Waals surface area contributed by atoms with Gasteiger partial charge in [0.2, 0.25) is 0 Å². The van der Waals surface area contributed by atoms with Crippen molar-refractivity contribution in [1.29, 1.82) is 0 Å². The molecule has 2 aromatic rings. The number of carbonyl (C=O) groups excluding carboxylic acids is 1. The van der Waals surface area contributed by atoms with Gasteiger partial charge in [-0.3, -0.25) is 4.79 Å². The highest BCUT2D eigenvalue weighted by Gasteiger charge is 2.10. The fourth-order valence-corrected chi connectivity index (χ4v) is 1.75. The number of anilines is 2. The number of amides is 1. The van der Waals surface area contributed by atoms with Crippen LogP contribution in [0.15, 0.2) is 30.9 Å². The summed E-state index contributed by atoms with van der Waals surface area (Å²) in [7, 11) is 0. The lowest BCUT2D eigenvalue weighted by Gasteiger charge is -2.08. The highest BCUT2D eigenvalue weighted by Crippen LogP contribution is 2.16. The van der Waals surface area contributed by atoms with Gasteiger partial charge in [0.25, 0.3) is 5.91 Å². The number of nitrogens with zero attached hydrogens (tertiary/aromatic N) is 3. The quantitative estimate of drug-likeness (QED) is 0.828. The van der Waals surface area contributed by atoms with Crippen LogP contribution in [0.2, 0.25) is 5.15 Å². The first kappa shape index (κ1) is 14.2. The van der Waals surface area contributed by atoms with E-state index in [1.807, 2.05) is 6.92 Å². The Kier molecular flexibility index (Phi) is 4.84. The van der Waals surface area contributed by atoms with Crippen molar-refractivity contribution in [2.24, 2.45) is 0 Å². The first-order valence-corrected chi connectivity index (χ1v) is 6.54. The van der Waals surface area contributed by atoms with Crippen LogP contribution < -0.4 is 10.6 Å². The van der Waals surface area contributed by atoms with Crippen LogP contribution in [0.4, 0.5) is 11.5 Å². The van der Waals surface area contributed by atoms with Crippen molar-refractivity contribution in [3.8, 4) is 0 Å². The van der Waals surface area contributed by atoms with Gasteiger partial charge in [0.05, 0.1) is 18.1 Å². The Labute approximate surface area is 121 Å². The molecule has 2 N–H and O–H groups in total. The second-order valence-electron chi connectivity index (χ2n) is 4.07. The van der Waals surface area contributed by atoms with E-state index in [2.05, 4.69) is 25.6 Å². The van der Waals surface area contributed by atoms with Crippen LogP contribution in [-0.4, -0.2) is 27.4 Å². The van der Waals surface area contributed by atoms with Crippen LogP contribution in [0.1, 0.15) is 23.7 Å². The maximum Gasteiger partial charge on any atom is 0.255 e. The van der Waals surface area contributed by atoms with Crippen molar-refractivity contribution >= 4 is 29.0 Å². The molecule has 0 aliphatic rings. The van der Waals surface area contributed by atoms with Gasteiger partial charge < -0.3 is 10.6 Å². The number of rotatable bonds is 5. The highest BCUT2D eigenvalue weighted by atomic mass is 35.5. The molecular formula is C13H14ClN5O. The SMILES string of the molecule is CCCNc1cc(C(=O)Nc2cncnc2)cc(Cl)n1. The molecule has 0 fully saturated rings. The standard InChI is InChI=1S/C13H14ClN5O/c1-2-3-17-12-5-9(4-11(14)19-12)13(20)18-10-6-15-8-16-7-10/h4-8H,2-3H2,1H3,(H,17,19)(H,18,20). The zero-order chi connectivity index (χ0) is 14.4. The molecule has 0 atom stereocenters. The molecule has 7 heteroatoms. The molecule has 0 saturated heterocycles. The number of pyridine rings is 1. The van der Waals surface area contributed by atoms with E-state index in [4.69, 9.17) is 11.6 Å². The zero-order valence-electron chi connectivity index (χ0n) is 10.9. The summed E-state index contributed by atoms with van der Waals surface area (Å²) in [5.41, 5.74) is 0.945. The first-order valence-electron chi connectivity index (χ1n) is 6.17. The molecule has 0 radical (unpaired) electrons. The maximum absolute atomic E-state index is 12.1. The van der Waals surface area contributed by atoms with Crippen LogP contribution in [0.5, 0.6) is 0 Å². The molecule has 6 nitrogen and oxygen atoms in total. The Morgan fingerprint density at radius 1 is 1.30 bits per heavy atom. The van der Waals surface area contributed by atoms with Gasteiger partial charge in [-0.15, -0.1) is 0 Å². The Balaban J connectivity index is 2.15. The largest absolute Gasteiger partial charge is 0.370 e. The number of aromatic nitrogens is 3. The predicted molar refractivity (Wildman–Crippen MR) is 78.0 cm³/mol. The summed E-state index contributed by atoms with van der Waals surface area (Å²) in [6.07, 6.45) is 5.39. The normalized spacial score (nSPS) is 10.1. The molecule has 2 aromatic heterocycles. The second kappa shape index (κ2) is 6.81. The lowest BCUT2D eigenvalue weighted by molar-refractivity contribution is 0.102. The Bertz CT molecular complexity index is 591. The van der Waals surface area contributed by atoms with Gasteiger partial charge in [-0.25, -0.2) is 15.0 Å². The van der Waals surface area contributed by atoms with E-state index in [0.717, 1.165) is 13.0 Å². The molecular weight excluding hydrogens is 278 g/mol. The fourth-order valence-electron chi connectivity index (χ4n) is 1.54. The molecule has 0 bridgehead atoms. The second-order valence-corrected chi connectivity index (χ2v) is 4.46. The molecule has 0 aliphatic carbocycles. The Morgan fingerprint density at radius 2 is 2.05 bits per heavy atom. The van der Waals surface area contributed by atoms with E-state index >= 15 is 0 Å². The monoisotopic (exact) mass is 291 g/mol. The number of hydrogen-bond acceptors (Lipinski definition) is 5. The zero-order valence-corrected chi connectivity index (χ0v) is 11.7. The predicted octanol–water partition coefficient (Wildman–Crippen LogP) is 2.60. The van der Waals surface area contributed by atoms with E-state index in [9.17, 15) is 4.79 Å². The van der Waals surface area contributed by atoms with E-state index in [-0.39, 0.29) is 11.1 Å². The summed E-state index contributed by atoms with van der Waals surface area (Å²) in [6, 6.07) is 3.17. The average molecular weight is 292 g/mol. The van der Waals surface area contributed by atoms with Gasteiger partial charge in [-0.05, 0) is 18.6 Å². The number of carbonyl (C=O) groups is 1. The fraction of sp³-hybridized carbons (Fsp3) is 0.231. The molecule has 0 saturated carbocycles. The van der Waals surface area contributed by atoms with Crippen LogP contribution >= 0.6 is 11.6 Å². The maximum atomic E-state index is 12.1. The van der Waals surface area contributed by atoms with E-state index in [1.54, 1.807) is 6.07 Å². The summed E-state index contributed by atoms with van der Waals surface area (Å²) in [5.74, 6) is 0.289. The van der Waals surface area contributed by atoms with E-state index < -0.39 is 0 Å². The van der Waals surface area contributed by atoms with Crippen molar-refractivity contribution in [2.45, 2.75) is 13.3 Å². The van der Waals surface area contributed by atoms with Gasteiger partial charge in [-0.2, -0.15) is 0 Å². The molecule has 0 spiro atoms. The van der Waals surface area contributed by atoms with Gasteiger partial charge in [-0.1, -0.05) is 18.5 Å². The average Bonchev–Trinajstić information content (AvgIpc) is 2.45. The van der Waals surface area contributed by atoms with Gasteiger partial charge >= 0.3 is 0 Å².